The van der Waals surface area contributed by atoms with Crippen LogP contribution in [0.25, 0.3) is 11.3 Å². The number of carboxylic acid groups (broad SMARTS) is 1. The van der Waals surface area contributed by atoms with Crippen molar-refractivity contribution in [3.05, 3.63) is 36.0 Å². The summed E-state index contributed by atoms with van der Waals surface area (Å²) in [6, 6.07) is 7.52. The molecule has 0 spiro atoms. The molecule has 1 heterocycles. The minimum absolute atomic E-state index is 0.00121. The van der Waals surface area contributed by atoms with Crippen molar-refractivity contribution in [2.75, 3.05) is 0 Å². The molecule has 0 unspecified atom stereocenters. The van der Waals surface area contributed by atoms with Crippen LogP contribution in [0.3, 0.4) is 0 Å². The Morgan fingerprint density at radius 3 is 2.80 bits per heavy atom. The highest BCUT2D eigenvalue weighted by atomic mass is 16.4. The zero-order valence-electron chi connectivity index (χ0n) is 7.60. The molecule has 0 saturated heterocycles. The predicted molar refractivity (Wildman–Crippen MR) is 50.4 cm³/mol. The third kappa shape index (κ3) is 1.80. The summed E-state index contributed by atoms with van der Waals surface area (Å²) in [5, 5.41) is 25.9. The van der Waals surface area contributed by atoms with E-state index in [-0.39, 0.29) is 11.4 Å². The van der Waals surface area contributed by atoms with Crippen LogP contribution < -0.4 is 5.11 Å². The first-order valence-corrected chi connectivity index (χ1v) is 4.23. The number of aromatic amines is 1. The first-order valence-electron chi connectivity index (χ1n) is 4.23. The van der Waals surface area contributed by atoms with Gasteiger partial charge in [-0.3, -0.25) is 5.10 Å². The molecule has 0 saturated carbocycles. The number of aromatic carboxylic acids is 1. The van der Waals surface area contributed by atoms with E-state index in [0.29, 0.717) is 11.3 Å². The van der Waals surface area contributed by atoms with Crippen LogP contribution in [0.1, 0.15) is 10.5 Å². The van der Waals surface area contributed by atoms with E-state index in [2.05, 4.69) is 10.2 Å². The molecule has 1 aromatic carbocycles. The fourth-order valence-electron chi connectivity index (χ4n) is 1.23. The minimum atomic E-state index is -1.08. The molecule has 76 valence electrons. The number of nitrogens with one attached hydrogen (secondary N) is 1. The molecule has 0 atom stereocenters. The highest BCUT2D eigenvalue weighted by Gasteiger charge is 2.08. The Kier molecular flexibility index (Phi) is 2.13. The Morgan fingerprint density at radius 2 is 2.20 bits per heavy atom. The Balaban J connectivity index is 2.41. The second-order valence-corrected chi connectivity index (χ2v) is 3.00. The van der Waals surface area contributed by atoms with Crippen molar-refractivity contribution in [3.63, 3.8) is 0 Å². The van der Waals surface area contributed by atoms with Gasteiger partial charge in [-0.2, -0.15) is 5.10 Å². The molecule has 0 amide bonds. The van der Waals surface area contributed by atoms with Crippen LogP contribution in [-0.2, 0) is 0 Å². The van der Waals surface area contributed by atoms with E-state index in [4.69, 9.17) is 5.11 Å². The maximum atomic E-state index is 11.0. The maximum absolute atomic E-state index is 11.0. The van der Waals surface area contributed by atoms with E-state index in [0.717, 1.165) is 0 Å². The predicted octanol–water partition coefficient (Wildman–Crippen LogP) is 0.848. The number of carbonyl (C=O) groups is 1. The van der Waals surface area contributed by atoms with Crippen LogP contribution in [0, 0.1) is 0 Å². The van der Waals surface area contributed by atoms with Gasteiger partial charge in [-0.25, -0.2) is 4.79 Å². The van der Waals surface area contributed by atoms with Crippen molar-refractivity contribution in [2.45, 2.75) is 0 Å². The van der Waals surface area contributed by atoms with E-state index in [9.17, 15) is 9.90 Å². The topological polar surface area (TPSA) is 89.0 Å². The van der Waals surface area contributed by atoms with Crippen molar-refractivity contribution in [1.29, 1.82) is 0 Å². The van der Waals surface area contributed by atoms with Gasteiger partial charge in [0, 0.05) is 5.56 Å². The van der Waals surface area contributed by atoms with Gasteiger partial charge >= 0.3 is 5.97 Å². The van der Waals surface area contributed by atoms with Crippen molar-refractivity contribution in [2.24, 2.45) is 0 Å². The molecule has 0 bridgehead atoms. The molecule has 5 heteroatoms. The number of nitrogens with zero attached hydrogens (tertiary/aromatic N) is 1. The molecule has 0 aliphatic rings. The number of carboxylic acids is 1. The lowest BCUT2D eigenvalue weighted by Gasteiger charge is -2.04. The summed E-state index contributed by atoms with van der Waals surface area (Å²) < 4.78 is 0. The number of H-pyrrole nitrogens is 1. The van der Waals surface area contributed by atoms with Gasteiger partial charge in [0.1, 0.15) is 5.69 Å². The second-order valence-electron chi connectivity index (χ2n) is 3.00. The monoisotopic (exact) mass is 203 g/mol. The second kappa shape index (κ2) is 3.45. The normalized spacial score (nSPS) is 10.1. The Labute approximate surface area is 85.0 Å². The van der Waals surface area contributed by atoms with E-state index < -0.39 is 5.97 Å². The van der Waals surface area contributed by atoms with Crippen LogP contribution in [0.2, 0.25) is 0 Å². The lowest BCUT2D eigenvalue weighted by molar-refractivity contribution is -0.268. The third-order valence-electron chi connectivity index (χ3n) is 1.94. The average Bonchev–Trinajstić information content (AvgIpc) is 2.66. The van der Waals surface area contributed by atoms with E-state index in [1.807, 2.05) is 0 Å². The first kappa shape index (κ1) is 9.26. The van der Waals surface area contributed by atoms with Gasteiger partial charge in [0.2, 0.25) is 0 Å². The molecular weight excluding hydrogens is 196 g/mol. The molecule has 2 aromatic rings. The molecule has 0 fully saturated rings. The third-order valence-corrected chi connectivity index (χ3v) is 1.94. The number of hydrogen-bond acceptors (Lipinski definition) is 3. The largest absolute Gasteiger partial charge is 0.872 e. The molecule has 2 N–H and O–H groups in total. The fraction of sp³-hybridized carbons (Fsp3) is 0. The van der Waals surface area contributed by atoms with Gasteiger partial charge in [-0.15, -0.1) is 5.75 Å². The standard InChI is InChI=1S/C10H8N2O3/c13-7-3-1-2-6(4-7)8-5-9(10(14)15)12-11-8/h1-5,13H,(H,11,12)(H,14,15)/p-1. The van der Waals surface area contributed by atoms with Crippen LogP contribution in [-0.4, -0.2) is 21.3 Å². The van der Waals surface area contributed by atoms with Gasteiger partial charge in [0.05, 0.1) is 5.69 Å². The number of rotatable bonds is 2. The first-order chi connectivity index (χ1) is 7.16. The quantitative estimate of drug-likeness (QED) is 0.757. The molecule has 15 heavy (non-hydrogen) atoms. The van der Waals surface area contributed by atoms with Gasteiger partial charge in [-0.05, 0) is 6.07 Å². The summed E-state index contributed by atoms with van der Waals surface area (Å²) in [7, 11) is 0. The molecule has 2 rings (SSSR count). The summed E-state index contributed by atoms with van der Waals surface area (Å²) in [4.78, 5) is 10.6. The summed E-state index contributed by atoms with van der Waals surface area (Å²) in [5.74, 6) is -1.21. The molecule has 0 radical (unpaired) electrons. The van der Waals surface area contributed by atoms with Crippen LogP contribution in [0.4, 0.5) is 0 Å². The van der Waals surface area contributed by atoms with E-state index in [1.165, 1.54) is 18.2 Å². The van der Waals surface area contributed by atoms with Gasteiger partial charge < -0.3 is 10.2 Å². The summed E-state index contributed by atoms with van der Waals surface area (Å²) in [6.07, 6.45) is 0. The number of hydrogen-bond donors (Lipinski definition) is 2. The molecule has 1 aromatic heterocycles. The lowest BCUT2D eigenvalue weighted by atomic mass is 10.1. The molecular formula is C10H7N2O3-. The SMILES string of the molecule is O=C(O)c1cc(-c2cccc([O-])c2)n[nH]1. The summed E-state index contributed by atoms with van der Waals surface area (Å²) >= 11 is 0. The lowest BCUT2D eigenvalue weighted by Crippen LogP contribution is -1.95. The molecule has 0 aliphatic heterocycles. The molecule has 5 nitrogen and oxygen atoms in total. The Morgan fingerprint density at radius 1 is 1.40 bits per heavy atom. The van der Waals surface area contributed by atoms with Gasteiger partial charge in [0.25, 0.3) is 0 Å². The fourth-order valence-corrected chi connectivity index (χ4v) is 1.23. The van der Waals surface area contributed by atoms with Crippen molar-refractivity contribution in [3.8, 4) is 17.0 Å². The van der Waals surface area contributed by atoms with Crippen molar-refractivity contribution >= 4 is 5.97 Å². The zero-order chi connectivity index (χ0) is 10.8. The minimum Gasteiger partial charge on any atom is -0.872 e. The van der Waals surface area contributed by atoms with Crippen LogP contribution >= 0.6 is 0 Å². The Hall–Kier alpha value is -2.30. The summed E-state index contributed by atoms with van der Waals surface area (Å²) in [6.45, 7) is 0. The van der Waals surface area contributed by atoms with Crippen molar-refractivity contribution in [1.82, 2.24) is 10.2 Å². The van der Waals surface area contributed by atoms with Crippen molar-refractivity contribution < 1.29 is 15.0 Å². The van der Waals surface area contributed by atoms with Crippen LogP contribution in [0.15, 0.2) is 30.3 Å². The average molecular weight is 203 g/mol. The Bertz CT molecular complexity index is 505. The van der Waals surface area contributed by atoms with E-state index in [1.54, 1.807) is 12.1 Å². The summed E-state index contributed by atoms with van der Waals surface area (Å²) in [5.41, 5.74) is 1.05. The highest BCUT2D eigenvalue weighted by Crippen LogP contribution is 2.20. The molecule has 0 aliphatic carbocycles. The number of aromatic nitrogens is 2. The smallest absolute Gasteiger partial charge is 0.353 e. The highest BCUT2D eigenvalue weighted by molar-refractivity contribution is 5.86. The van der Waals surface area contributed by atoms with Crippen LogP contribution in [0.5, 0.6) is 5.75 Å². The maximum Gasteiger partial charge on any atom is 0.353 e. The van der Waals surface area contributed by atoms with Gasteiger partial charge in [0.15, 0.2) is 0 Å². The zero-order valence-corrected chi connectivity index (χ0v) is 7.60. The van der Waals surface area contributed by atoms with Gasteiger partial charge in [-0.1, -0.05) is 24.3 Å². The number of benzene rings is 1. The van der Waals surface area contributed by atoms with E-state index >= 15 is 0 Å².